The lowest BCUT2D eigenvalue weighted by Gasteiger charge is -2.31. The number of rotatable bonds is 4. The minimum Gasteiger partial charge on any atom is -0.351 e. The number of halogens is 1. The Morgan fingerprint density at radius 3 is 3.04 bits per heavy atom. The second-order valence-corrected chi connectivity index (χ2v) is 7.91. The van der Waals surface area contributed by atoms with Gasteiger partial charge in [-0.3, -0.25) is 9.59 Å². The van der Waals surface area contributed by atoms with Crippen molar-refractivity contribution in [1.29, 1.82) is 0 Å². The Morgan fingerprint density at radius 2 is 2.28 bits per heavy atom. The van der Waals surface area contributed by atoms with Gasteiger partial charge in [-0.25, -0.2) is 0 Å². The quantitative estimate of drug-likeness (QED) is 0.822. The molecule has 0 bridgehead atoms. The summed E-state index contributed by atoms with van der Waals surface area (Å²) in [6.45, 7) is 7.25. The molecule has 0 spiro atoms. The van der Waals surface area contributed by atoms with Crippen molar-refractivity contribution >= 4 is 44.8 Å². The van der Waals surface area contributed by atoms with E-state index in [2.05, 4.69) is 18.8 Å². The summed E-state index contributed by atoms with van der Waals surface area (Å²) in [6.07, 6.45) is 2.97. The van der Waals surface area contributed by atoms with Crippen LogP contribution in [0.15, 0.2) is 30.9 Å². The fraction of sp³-hybridized carbons (Fsp3) is 0.368. The number of carbonyl (C=O) groups excluding carboxylic acids is 2. The monoisotopic (exact) mass is 376 g/mol. The summed E-state index contributed by atoms with van der Waals surface area (Å²) < 4.78 is 1.17. The molecular formula is C19H21ClN2O2S. The van der Waals surface area contributed by atoms with Crippen molar-refractivity contribution < 1.29 is 9.59 Å². The lowest BCUT2D eigenvalue weighted by atomic mass is 9.97. The molecule has 25 heavy (non-hydrogen) atoms. The highest BCUT2D eigenvalue weighted by Crippen LogP contribution is 2.32. The third-order valence-corrected chi connectivity index (χ3v) is 6.21. The molecular weight excluding hydrogens is 356 g/mol. The fourth-order valence-electron chi connectivity index (χ4n) is 3.24. The summed E-state index contributed by atoms with van der Waals surface area (Å²) in [5.74, 6) is -0.243. The molecule has 0 radical (unpaired) electrons. The Balaban J connectivity index is 1.65. The molecule has 2 aromatic rings. The van der Waals surface area contributed by atoms with E-state index >= 15 is 0 Å². The second-order valence-electron chi connectivity index (χ2n) is 6.34. The number of carbonyl (C=O) groups is 2. The normalized spacial score (nSPS) is 17.5. The summed E-state index contributed by atoms with van der Waals surface area (Å²) in [5.41, 5.74) is 1.16. The highest BCUT2D eigenvalue weighted by atomic mass is 35.5. The molecule has 1 aliphatic rings. The van der Waals surface area contributed by atoms with E-state index in [0.717, 1.165) is 33.7 Å². The zero-order chi connectivity index (χ0) is 18.0. The molecule has 2 amide bonds. The molecule has 6 heteroatoms. The predicted octanol–water partition coefficient (Wildman–Crippen LogP) is 3.90. The van der Waals surface area contributed by atoms with Gasteiger partial charge in [0.05, 0.1) is 12.5 Å². The van der Waals surface area contributed by atoms with Gasteiger partial charge in [0.15, 0.2) is 0 Å². The molecule has 1 aliphatic heterocycles. The molecule has 2 heterocycles. The molecule has 1 aromatic heterocycles. The van der Waals surface area contributed by atoms with Crippen LogP contribution in [0.25, 0.3) is 10.1 Å². The second kappa shape index (κ2) is 7.58. The maximum absolute atomic E-state index is 12.5. The van der Waals surface area contributed by atoms with Crippen LogP contribution in [-0.2, 0) is 16.1 Å². The first-order chi connectivity index (χ1) is 12.0. The number of hydrogen-bond donors (Lipinski definition) is 1. The molecule has 1 fully saturated rings. The molecule has 4 nitrogen and oxygen atoms in total. The van der Waals surface area contributed by atoms with Gasteiger partial charge in [-0.05, 0) is 55.0 Å². The number of fused-ring (bicyclic) bond motifs is 1. The number of benzene rings is 1. The first-order valence-corrected chi connectivity index (χ1v) is 9.55. The zero-order valence-electron chi connectivity index (χ0n) is 14.2. The highest BCUT2D eigenvalue weighted by Gasteiger charge is 2.27. The summed E-state index contributed by atoms with van der Waals surface area (Å²) in [6, 6.07) is 5.87. The van der Waals surface area contributed by atoms with Crippen LogP contribution in [0.3, 0.4) is 0 Å². The van der Waals surface area contributed by atoms with Crippen molar-refractivity contribution in [2.24, 2.45) is 5.92 Å². The SMILES string of the molecule is C=CC(=O)N1CCCC(C(=O)NCc2sc3ccc(Cl)cc3c2C)C1. The predicted molar refractivity (Wildman–Crippen MR) is 103 cm³/mol. The average molecular weight is 377 g/mol. The van der Waals surface area contributed by atoms with E-state index in [1.165, 1.54) is 10.8 Å². The molecule has 132 valence electrons. The summed E-state index contributed by atoms with van der Waals surface area (Å²) >= 11 is 7.75. The van der Waals surface area contributed by atoms with E-state index in [-0.39, 0.29) is 17.7 Å². The van der Waals surface area contributed by atoms with Gasteiger partial charge in [-0.2, -0.15) is 0 Å². The maximum atomic E-state index is 12.5. The number of thiophene rings is 1. The number of piperidine rings is 1. The molecule has 0 saturated carbocycles. The van der Waals surface area contributed by atoms with Crippen LogP contribution >= 0.6 is 22.9 Å². The van der Waals surface area contributed by atoms with E-state index in [1.807, 2.05) is 18.2 Å². The van der Waals surface area contributed by atoms with Crippen molar-refractivity contribution in [3.63, 3.8) is 0 Å². The standard InChI is InChI=1S/C19H21ClN2O2S/c1-3-18(23)22-8-4-5-13(11-22)19(24)21-10-17-12(2)15-9-14(20)6-7-16(15)25-17/h3,6-7,9,13H,1,4-5,8,10-11H2,2H3,(H,21,24). The first-order valence-electron chi connectivity index (χ1n) is 8.36. The lowest BCUT2D eigenvalue weighted by molar-refractivity contribution is -0.132. The fourth-order valence-corrected chi connectivity index (χ4v) is 4.55. The first kappa shape index (κ1) is 18.0. The molecule has 1 unspecified atom stereocenters. The minimum absolute atomic E-state index is 0.0106. The Kier molecular flexibility index (Phi) is 5.45. The third-order valence-electron chi connectivity index (χ3n) is 4.70. The number of nitrogens with one attached hydrogen (secondary N) is 1. The zero-order valence-corrected chi connectivity index (χ0v) is 15.8. The molecule has 1 atom stereocenters. The minimum atomic E-state index is -0.151. The van der Waals surface area contributed by atoms with E-state index < -0.39 is 0 Å². The van der Waals surface area contributed by atoms with Crippen molar-refractivity contribution in [3.8, 4) is 0 Å². The number of amides is 2. The Hall–Kier alpha value is -1.85. The lowest BCUT2D eigenvalue weighted by Crippen LogP contribution is -2.44. The third kappa shape index (κ3) is 3.88. The van der Waals surface area contributed by atoms with Gasteiger partial charge in [-0.1, -0.05) is 18.2 Å². The van der Waals surface area contributed by atoms with Crippen LogP contribution in [-0.4, -0.2) is 29.8 Å². The van der Waals surface area contributed by atoms with Crippen molar-refractivity contribution in [1.82, 2.24) is 10.2 Å². The van der Waals surface area contributed by atoms with Crippen molar-refractivity contribution in [2.75, 3.05) is 13.1 Å². The van der Waals surface area contributed by atoms with E-state index in [1.54, 1.807) is 16.2 Å². The van der Waals surface area contributed by atoms with Crippen LogP contribution in [0.1, 0.15) is 23.3 Å². The Bertz CT molecular complexity index is 830. The van der Waals surface area contributed by atoms with Crippen LogP contribution < -0.4 is 5.32 Å². The van der Waals surface area contributed by atoms with Crippen LogP contribution in [0, 0.1) is 12.8 Å². The largest absolute Gasteiger partial charge is 0.351 e. The summed E-state index contributed by atoms with van der Waals surface area (Å²) in [4.78, 5) is 27.1. The molecule has 1 aromatic carbocycles. The Labute approximate surface area is 156 Å². The van der Waals surface area contributed by atoms with Gasteiger partial charge in [0.1, 0.15) is 0 Å². The van der Waals surface area contributed by atoms with Gasteiger partial charge in [-0.15, -0.1) is 11.3 Å². The smallest absolute Gasteiger partial charge is 0.245 e. The van der Waals surface area contributed by atoms with Gasteiger partial charge < -0.3 is 10.2 Å². The van der Waals surface area contributed by atoms with E-state index in [0.29, 0.717) is 19.6 Å². The number of nitrogens with zero attached hydrogens (tertiary/aromatic N) is 1. The van der Waals surface area contributed by atoms with Crippen LogP contribution in [0.2, 0.25) is 5.02 Å². The molecule has 1 N–H and O–H groups in total. The molecule has 0 aliphatic carbocycles. The van der Waals surface area contributed by atoms with Crippen LogP contribution in [0.4, 0.5) is 0 Å². The number of aryl methyl sites for hydroxylation is 1. The molecule has 3 rings (SSSR count). The summed E-state index contributed by atoms with van der Waals surface area (Å²) in [5, 5.41) is 4.90. The van der Waals surface area contributed by atoms with Gasteiger partial charge >= 0.3 is 0 Å². The average Bonchev–Trinajstić information content (AvgIpc) is 2.94. The van der Waals surface area contributed by atoms with Crippen LogP contribution in [0.5, 0.6) is 0 Å². The number of likely N-dealkylation sites (tertiary alicyclic amines) is 1. The van der Waals surface area contributed by atoms with E-state index in [9.17, 15) is 9.59 Å². The van der Waals surface area contributed by atoms with Gasteiger partial charge in [0, 0.05) is 27.7 Å². The topological polar surface area (TPSA) is 49.4 Å². The van der Waals surface area contributed by atoms with Crippen molar-refractivity contribution in [3.05, 3.63) is 46.3 Å². The van der Waals surface area contributed by atoms with Crippen molar-refractivity contribution in [2.45, 2.75) is 26.3 Å². The molecule has 1 saturated heterocycles. The number of hydrogen-bond acceptors (Lipinski definition) is 3. The maximum Gasteiger partial charge on any atom is 0.245 e. The highest BCUT2D eigenvalue weighted by molar-refractivity contribution is 7.19. The van der Waals surface area contributed by atoms with E-state index in [4.69, 9.17) is 11.6 Å². The summed E-state index contributed by atoms with van der Waals surface area (Å²) in [7, 11) is 0. The van der Waals surface area contributed by atoms with Gasteiger partial charge in [0.25, 0.3) is 0 Å². The Morgan fingerprint density at radius 1 is 1.48 bits per heavy atom. The van der Waals surface area contributed by atoms with Gasteiger partial charge in [0.2, 0.25) is 11.8 Å².